The van der Waals surface area contributed by atoms with E-state index in [0.29, 0.717) is 6.04 Å². The lowest BCUT2D eigenvalue weighted by molar-refractivity contribution is 0.0940. The highest BCUT2D eigenvalue weighted by atomic mass is 79.9. The number of likely N-dealkylation sites (tertiary alicyclic amines) is 1. The van der Waals surface area contributed by atoms with Crippen LogP contribution in [0.15, 0.2) is 16.7 Å². The number of amides is 1. The van der Waals surface area contributed by atoms with Gasteiger partial charge in [-0.1, -0.05) is 0 Å². The molecule has 1 saturated heterocycles. The fourth-order valence-electron chi connectivity index (χ4n) is 2.71. The molecule has 5 heteroatoms. The summed E-state index contributed by atoms with van der Waals surface area (Å²) in [6, 6.07) is 2.45. The molecule has 1 aliphatic carbocycles. The van der Waals surface area contributed by atoms with Crippen LogP contribution in [0.4, 0.5) is 0 Å². The van der Waals surface area contributed by atoms with Gasteiger partial charge in [0.2, 0.25) is 0 Å². The fourth-order valence-corrected chi connectivity index (χ4v) is 3.14. The van der Waals surface area contributed by atoms with Gasteiger partial charge in [-0.15, -0.1) is 0 Å². The van der Waals surface area contributed by atoms with Crippen LogP contribution in [0.25, 0.3) is 0 Å². The zero-order chi connectivity index (χ0) is 13.2. The van der Waals surface area contributed by atoms with Crippen molar-refractivity contribution >= 4 is 21.8 Å². The van der Waals surface area contributed by atoms with Crippen molar-refractivity contribution in [3.05, 3.63) is 22.4 Å². The first-order valence-corrected chi connectivity index (χ1v) is 7.91. The maximum Gasteiger partial charge on any atom is 0.268 e. The molecule has 0 atom stereocenters. The van der Waals surface area contributed by atoms with Crippen molar-refractivity contribution in [1.82, 2.24) is 14.8 Å². The van der Waals surface area contributed by atoms with Gasteiger partial charge < -0.3 is 14.8 Å². The minimum atomic E-state index is 0.0526. The van der Waals surface area contributed by atoms with Gasteiger partial charge in [0.15, 0.2) is 0 Å². The lowest BCUT2D eigenvalue weighted by atomic mass is 10.4. The van der Waals surface area contributed by atoms with Crippen LogP contribution >= 0.6 is 15.9 Å². The maximum atomic E-state index is 12.2. The first-order valence-electron chi connectivity index (χ1n) is 7.12. The Morgan fingerprint density at radius 1 is 1.37 bits per heavy atom. The van der Waals surface area contributed by atoms with Gasteiger partial charge in [-0.25, -0.2) is 0 Å². The molecule has 19 heavy (non-hydrogen) atoms. The van der Waals surface area contributed by atoms with Gasteiger partial charge in [-0.2, -0.15) is 0 Å². The maximum absolute atomic E-state index is 12.2. The van der Waals surface area contributed by atoms with E-state index in [1.807, 2.05) is 12.3 Å². The Morgan fingerprint density at radius 2 is 2.11 bits per heavy atom. The Bertz CT molecular complexity index is 461. The van der Waals surface area contributed by atoms with Crippen molar-refractivity contribution in [1.29, 1.82) is 0 Å². The van der Waals surface area contributed by atoms with Gasteiger partial charge in [0.05, 0.1) is 0 Å². The minimum Gasteiger partial charge on any atom is -0.349 e. The summed E-state index contributed by atoms with van der Waals surface area (Å²) in [5.41, 5.74) is 0.788. The largest absolute Gasteiger partial charge is 0.349 e. The normalized spacial score (nSPS) is 19.8. The van der Waals surface area contributed by atoms with Crippen LogP contribution < -0.4 is 5.32 Å². The second-order valence-corrected chi connectivity index (χ2v) is 6.40. The summed E-state index contributed by atoms with van der Waals surface area (Å²) in [7, 11) is 0. The van der Waals surface area contributed by atoms with Crippen LogP contribution in [0.1, 0.15) is 42.2 Å². The summed E-state index contributed by atoms with van der Waals surface area (Å²) < 4.78 is 3.10. The zero-order valence-electron chi connectivity index (χ0n) is 11.1. The van der Waals surface area contributed by atoms with E-state index in [1.54, 1.807) is 0 Å². The van der Waals surface area contributed by atoms with Crippen molar-refractivity contribution in [2.24, 2.45) is 0 Å². The number of carbonyl (C=O) groups excluding carboxylic acids is 1. The Hall–Kier alpha value is -0.810. The van der Waals surface area contributed by atoms with E-state index < -0.39 is 0 Å². The van der Waals surface area contributed by atoms with E-state index in [9.17, 15) is 4.79 Å². The van der Waals surface area contributed by atoms with Crippen LogP contribution in [-0.4, -0.2) is 41.6 Å². The summed E-state index contributed by atoms with van der Waals surface area (Å²) in [5.74, 6) is 0.0526. The molecular weight excluding hydrogens is 306 g/mol. The molecule has 1 aromatic rings. The number of nitrogens with one attached hydrogen (secondary N) is 1. The van der Waals surface area contributed by atoms with Crippen LogP contribution in [0, 0.1) is 0 Å². The molecule has 2 fully saturated rings. The first-order chi connectivity index (χ1) is 9.24. The summed E-state index contributed by atoms with van der Waals surface area (Å²) in [4.78, 5) is 14.6. The number of halogens is 1. The molecule has 3 rings (SSSR count). The van der Waals surface area contributed by atoms with Gasteiger partial charge in [-0.05, 0) is 60.8 Å². The standard InChI is InChI=1S/C14H20BrN3O/c15-11-9-13(18(10-11)12-3-4-12)14(19)16-5-8-17-6-1-2-7-17/h9-10,12H,1-8H2,(H,16,19). The Labute approximate surface area is 122 Å². The molecule has 0 unspecified atom stereocenters. The smallest absolute Gasteiger partial charge is 0.268 e. The number of aromatic nitrogens is 1. The third kappa shape index (κ3) is 3.20. The number of nitrogens with zero attached hydrogens (tertiary/aromatic N) is 2. The molecule has 0 spiro atoms. The molecular formula is C14H20BrN3O. The Kier molecular flexibility index (Phi) is 3.93. The van der Waals surface area contributed by atoms with Gasteiger partial charge in [0.25, 0.3) is 5.91 Å². The highest BCUT2D eigenvalue weighted by Gasteiger charge is 2.27. The predicted molar refractivity (Wildman–Crippen MR) is 78.4 cm³/mol. The summed E-state index contributed by atoms with van der Waals surface area (Å²) in [6.07, 6.45) is 6.99. The quantitative estimate of drug-likeness (QED) is 0.902. The zero-order valence-corrected chi connectivity index (χ0v) is 12.7. The lowest BCUT2D eigenvalue weighted by Crippen LogP contribution is -2.34. The first kappa shape index (κ1) is 13.2. The van der Waals surface area contributed by atoms with Crippen LogP contribution in [0.2, 0.25) is 0 Å². The molecule has 1 aromatic heterocycles. The van der Waals surface area contributed by atoms with Crippen molar-refractivity contribution in [3.8, 4) is 0 Å². The highest BCUT2D eigenvalue weighted by molar-refractivity contribution is 9.10. The molecule has 1 amide bonds. The predicted octanol–water partition coefficient (Wildman–Crippen LogP) is 2.41. The second-order valence-electron chi connectivity index (χ2n) is 5.49. The van der Waals surface area contributed by atoms with Gasteiger partial charge in [0.1, 0.15) is 5.69 Å². The van der Waals surface area contributed by atoms with E-state index in [2.05, 4.69) is 30.7 Å². The number of hydrogen-bond acceptors (Lipinski definition) is 2. The summed E-state index contributed by atoms with van der Waals surface area (Å²) in [6.45, 7) is 4.07. The van der Waals surface area contributed by atoms with E-state index >= 15 is 0 Å². The van der Waals surface area contributed by atoms with Gasteiger partial charge in [0, 0.05) is 29.8 Å². The molecule has 4 nitrogen and oxygen atoms in total. The second kappa shape index (κ2) is 5.67. The average Bonchev–Trinajstić information content (AvgIpc) is 2.96. The molecule has 0 aromatic carbocycles. The van der Waals surface area contributed by atoms with Gasteiger partial charge in [-0.3, -0.25) is 4.79 Å². The molecule has 0 bridgehead atoms. The highest BCUT2D eigenvalue weighted by Crippen LogP contribution is 2.37. The Morgan fingerprint density at radius 3 is 2.79 bits per heavy atom. The molecule has 0 radical (unpaired) electrons. The molecule has 104 valence electrons. The van der Waals surface area contributed by atoms with E-state index in [4.69, 9.17) is 0 Å². The van der Waals surface area contributed by atoms with Crippen LogP contribution in [0.3, 0.4) is 0 Å². The SMILES string of the molecule is O=C(NCCN1CCCC1)c1cc(Br)cn1C1CC1. The Balaban J connectivity index is 1.54. The van der Waals surface area contributed by atoms with Crippen LogP contribution in [-0.2, 0) is 0 Å². The average molecular weight is 326 g/mol. The van der Waals surface area contributed by atoms with E-state index in [1.165, 1.54) is 38.8 Å². The monoisotopic (exact) mass is 325 g/mol. The van der Waals surface area contributed by atoms with Crippen molar-refractivity contribution < 1.29 is 4.79 Å². The molecule has 1 saturated carbocycles. The van der Waals surface area contributed by atoms with Gasteiger partial charge >= 0.3 is 0 Å². The third-order valence-electron chi connectivity index (χ3n) is 3.90. The number of rotatable bonds is 5. The van der Waals surface area contributed by atoms with E-state index in [-0.39, 0.29) is 5.91 Å². The minimum absolute atomic E-state index is 0.0526. The summed E-state index contributed by atoms with van der Waals surface area (Å²) >= 11 is 3.46. The molecule has 1 aliphatic heterocycles. The van der Waals surface area contributed by atoms with Crippen molar-refractivity contribution in [2.45, 2.75) is 31.7 Å². The summed E-state index contributed by atoms with van der Waals surface area (Å²) in [5, 5.41) is 3.04. The number of hydrogen-bond donors (Lipinski definition) is 1. The third-order valence-corrected chi connectivity index (χ3v) is 4.33. The molecule has 2 aliphatic rings. The van der Waals surface area contributed by atoms with Crippen molar-refractivity contribution in [3.63, 3.8) is 0 Å². The van der Waals surface area contributed by atoms with E-state index in [0.717, 1.165) is 23.3 Å². The fraction of sp³-hybridized carbons (Fsp3) is 0.643. The topological polar surface area (TPSA) is 37.3 Å². The number of carbonyl (C=O) groups is 1. The van der Waals surface area contributed by atoms with Crippen molar-refractivity contribution in [2.75, 3.05) is 26.2 Å². The van der Waals surface area contributed by atoms with Crippen LogP contribution in [0.5, 0.6) is 0 Å². The molecule has 1 N–H and O–H groups in total. The molecule has 2 heterocycles. The lowest BCUT2D eigenvalue weighted by Gasteiger charge is -2.15.